The van der Waals surface area contributed by atoms with Crippen LogP contribution in [0.3, 0.4) is 0 Å². The van der Waals surface area contributed by atoms with Crippen molar-refractivity contribution >= 4 is 23.6 Å². The number of anilines is 1. The summed E-state index contributed by atoms with van der Waals surface area (Å²) in [6.45, 7) is 11.3. The monoisotopic (exact) mass is 831 g/mol. The van der Waals surface area contributed by atoms with Gasteiger partial charge < -0.3 is 73.9 Å². The summed E-state index contributed by atoms with van der Waals surface area (Å²) in [5.41, 5.74) is 1.12. The molecule has 58 heavy (non-hydrogen) atoms. The molecule has 1 saturated heterocycles. The van der Waals surface area contributed by atoms with Crippen molar-refractivity contribution in [1.29, 1.82) is 0 Å². The second-order valence-electron chi connectivity index (χ2n) is 14.5. The highest BCUT2D eigenvalue weighted by Gasteiger charge is 2.37. The van der Waals surface area contributed by atoms with E-state index in [1.165, 1.54) is 0 Å². The van der Waals surface area contributed by atoms with E-state index >= 15 is 0 Å². The number of benzene rings is 1. The van der Waals surface area contributed by atoms with E-state index in [-0.39, 0.29) is 37.9 Å². The number of amides is 3. The van der Waals surface area contributed by atoms with Gasteiger partial charge in [-0.05, 0) is 57.7 Å². The van der Waals surface area contributed by atoms with Crippen molar-refractivity contribution in [2.75, 3.05) is 111 Å². The minimum atomic E-state index is -1.17. The van der Waals surface area contributed by atoms with Gasteiger partial charge >= 0.3 is 6.09 Å². The Morgan fingerprint density at radius 3 is 1.83 bits per heavy atom. The lowest BCUT2D eigenvalue weighted by Crippen LogP contribution is -2.50. The van der Waals surface area contributed by atoms with Gasteiger partial charge in [-0.1, -0.05) is 18.6 Å². The summed E-state index contributed by atoms with van der Waals surface area (Å²) >= 11 is 0. The molecule has 334 valence electrons. The Bertz CT molecular complexity index is 1220. The van der Waals surface area contributed by atoms with Crippen molar-refractivity contribution in [1.82, 2.24) is 10.6 Å². The lowest BCUT2D eigenvalue weighted by molar-refractivity contribution is -0.270. The Morgan fingerprint density at radius 2 is 1.26 bits per heavy atom. The van der Waals surface area contributed by atoms with Crippen LogP contribution in [-0.4, -0.2) is 169 Å². The third-order valence-electron chi connectivity index (χ3n) is 8.27. The number of carbonyl (C=O) groups excluding carboxylic acids is 3. The first kappa shape index (κ1) is 51.1. The molecule has 4 atom stereocenters. The van der Waals surface area contributed by atoms with Crippen LogP contribution in [0, 0.1) is 0 Å². The number of aliphatic hydroxyl groups is 3. The number of nitrogens with one attached hydrogen (secondary N) is 3. The number of unbranched alkanes of at least 4 members (excludes halogenated alkanes) is 2. The SMILES string of the molecule is CC(C)(C)OC(=O)NCCOCCOCCOCCOCCOCCOCCC(=O)NCCCCCC(=O)Nc1ccc(CCO[C@@H]2O[C@H](CO)CC(O)[C@H]2O)cc1. The average molecular weight is 832 g/mol. The molecular formula is C40H69N3O15. The number of hydrogen-bond acceptors (Lipinski definition) is 15. The maximum absolute atomic E-state index is 12.4. The summed E-state index contributed by atoms with van der Waals surface area (Å²) in [6.07, 6.45) is -0.632. The lowest BCUT2D eigenvalue weighted by Gasteiger charge is -2.36. The van der Waals surface area contributed by atoms with E-state index in [1.54, 1.807) is 20.8 Å². The van der Waals surface area contributed by atoms with Gasteiger partial charge in [-0.15, -0.1) is 0 Å². The van der Waals surface area contributed by atoms with Gasteiger partial charge in [0.2, 0.25) is 11.8 Å². The summed E-state index contributed by atoms with van der Waals surface area (Å²) in [5.74, 6) is -0.165. The van der Waals surface area contributed by atoms with E-state index in [0.717, 1.165) is 18.4 Å². The summed E-state index contributed by atoms with van der Waals surface area (Å²) < 4.78 is 48.9. The number of aliphatic hydroxyl groups excluding tert-OH is 3. The molecule has 0 spiro atoms. The molecule has 0 bridgehead atoms. The highest BCUT2D eigenvalue weighted by molar-refractivity contribution is 5.90. The second kappa shape index (κ2) is 31.9. The molecule has 3 amide bonds. The van der Waals surface area contributed by atoms with Crippen molar-refractivity contribution in [2.45, 2.75) is 95.9 Å². The number of carbonyl (C=O) groups is 3. The van der Waals surface area contributed by atoms with Crippen LogP contribution in [0.2, 0.25) is 0 Å². The molecule has 1 fully saturated rings. The number of ether oxygens (including phenoxy) is 9. The van der Waals surface area contributed by atoms with Crippen LogP contribution in [0.15, 0.2) is 24.3 Å². The number of hydrogen-bond donors (Lipinski definition) is 6. The lowest BCUT2D eigenvalue weighted by atomic mass is 10.0. The van der Waals surface area contributed by atoms with Gasteiger partial charge in [-0.25, -0.2) is 4.79 Å². The molecule has 0 radical (unpaired) electrons. The van der Waals surface area contributed by atoms with Gasteiger partial charge in [0.05, 0.1) is 105 Å². The Morgan fingerprint density at radius 1 is 0.690 bits per heavy atom. The predicted molar refractivity (Wildman–Crippen MR) is 212 cm³/mol. The molecule has 18 nitrogen and oxygen atoms in total. The first-order valence-corrected chi connectivity index (χ1v) is 20.3. The Kier molecular flexibility index (Phi) is 28.1. The van der Waals surface area contributed by atoms with Gasteiger partial charge in [-0.2, -0.15) is 0 Å². The fourth-order valence-corrected chi connectivity index (χ4v) is 5.25. The zero-order valence-corrected chi connectivity index (χ0v) is 34.6. The third kappa shape index (κ3) is 26.9. The first-order valence-electron chi connectivity index (χ1n) is 20.3. The van der Waals surface area contributed by atoms with E-state index in [2.05, 4.69) is 16.0 Å². The molecule has 18 heteroatoms. The number of rotatable bonds is 33. The van der Waals surface area contributed by atoms with Crippen LogP contribution in [-0.2, 0) is 58.6 Å². The molecule has 1 heterocycles. The molecular weight excluding hydrogens is 762 g/mol. The molecule has 1 aromatic rings. The van der Waals surface area contributed by atoms with Crippen molar-refractivity contribution in [3.63, 3.8) is 0 Å². The van der Waals surface area contributed by atoms with Crippen LogP contribution in [0.4, 0.5) is 10.5 Å². The van der Waals surface area contributed by atoms with Gasteiger partial charge in [0.25, 0.3) is 0 Å². The predicted octanol–water partition coefficient (Wildman–Crippen LogP) is 1.70. The summed E-state index contributed by atoms with van der Waals surface area (Å²) in [6, 6.07) is 7.38. The van der Waals surface area contributed by atoms with Gasteiger partial charge in [-0.3, -0.25) is 9.59 Å². The maximum Gasteiger partial charge on any atom is 0.407 e. The van der Waals surface area contributed by atoms with Gasteiger partial charge in [0.1, 0.15) is 11.7 Å². The molecule has 6 N–H and O–H groups in total. The van der Waals surface area contributed by atoms with Crippen LogP contribution >= 0.6 is 0 Å². The zero-order valence-electron chi connectivity index (χ0n) is 34.6. The second-order valence-corrected chi connectivity index (χ2v) is 14.5. The molecule has 1 aliphatic rings. The first-order chi connectivity index (χ1) is 28.0. The quantitative estimate of drug-likeness (QED) is 0.0554. The van der Waals surface area contributed by atoms with Crippen LogP contribution in [0.1, 0.15) is 64.9 Å². The van der Waals surface area contributed by atoms with Gasteiger partial charge in [0, 0.05) is 38.0 Å². The van der Waals surface area contributed by atoms with E-state index in [0.29, 0.717) is 117 Å². The summed E-state index contributed by atoms with van der Waals surface area (Å²) in [4.78, 5) is 35.9. The van der Waals surface area contributed by atoms with Crippen molar-refractivity contribution in [2.24, 2.45) is 0 Å². The minimum Gasteiger partial charge on any atom is -0.444 e. The fraction of sp³-hybridized carbons (Fsp3) is 0.775. The normalized spacial score (nSPS) is 18.2. The molecule has 1 aliphatic heterocycles. The van der Waals surface area contributed by atoms with E-state index in [4.69, 9.17) is 42.6 Å². The van der Waals surface area contributed by atoms with Crippen LogP contribution in [0.5, 0.6) is 0 Å². The van der Waals surface area contributed by atoms with Crippen LogP contribution < -0.4 is 16.0 Å². The van der Waals surface area contributed by atoms with Crippen LogP contribution in [0.25, 0.3) is 0 Å². The smallest absolute Gasteiger partial charge is 0.407 e. The molecule has 0 aromatic heterocycles. The average Bonchev–Trinajstić information content (AvgIpc) is 3.18. The van der Waals surface area contributed by atoms with Crippen molar-refractivity contribution < 1.29 is 72.3 Å². The largest absolute Gasteiger partial charge is 0.444 e. The third-order valence-corrected chi connectivity index (χ3v) is 8.27. The highest BCUT2D eigenvalue weighted by atomic mass is 16.7. The van der Waals surface area contributed by atoms with Crippen molar-refractivity contribution in [3.05, 3.63) is 29.8 Å². The highest BCUT2D eigenvalue weighted by Crippen LogP contribution is 2.21. The van der Waals surface area contributed by atoms with Crippen molar-refractivity contribution in [3.8, 4) is 0 Å². The Hall–Kier alpha value is -3.01. The number of alkyl carbamates (subject to hydrolysis) is 1. The Labute approximate surface area is 342 Å². The standard InChI is InChI=1S/C40H69N3O15/c1-40(2,3)58-39(49)42-15-18-51-20-22-53-24-26-55-28-27-54-25-23-52-21-19-50-16-13-35(46)41-14-6-4-5-7-36(47)43-32-10-8-31(9-11-32)12-17-56-38-37(48)34(45)29-33(30-44)57-38/h8-11,33-34,37-38,44-45,48H,4-7,12-30H2,1-3H3,(H,41,46)(H,42,49)(H,43,47)/t33-,34?,37+,38+/m0/s1. The fourth-order valence-electron chi connectivity index (χ4n) is 5.25. The molecule has 1 aromatic carbocycles. The topological polar surface area (TPSA) is 231 Å². The Balaban J connectivity index is 1.29. The minimum absolute atomic E-state index is 0.0818. The van der Waals surface area contributed by atoms with E-state index in [9.17, 15) is 29.7 Å². The van der Waals surface area contributed by atoms with E-state index in [1.807, 2.05) is 24.3 Å². The molecule has 0 aliphatic carbocycles. The molecule has 2 rings (SSSR count). The molecule has 1 unspecified atom stereocenters. The van der Waals surface area contributed by atoms with Gasteiger partial charge in [0.15, 0.2) is 6.29 Å². The summed E-state index contributed by atoms with van der Waals surface area (Å²) in [7, 11) is 0. The zero-order chi connectivity index (χ0) is 42.3. The molecule has 0 saturated carbocycles. The summed E-state index contributed by atoms with van der Waals surface area (Å²) in [5, 5.41) is 37.6. The van der Waals surface area contributed by atoms with E-state index < -0.39 is 36.3 Å². The maximum atomic E-state index is 12.4.